The molecule has 3 N–H and O–H groups in total. The number of esters is 1. The van der Waals surface area contributed by atoms with Gasteiger partial charge in [-0.15, -0.1) is 13.2 Å². The number of allylic oxidation sites excluding steroid dienone is 2. The zero-order valence-electron chi connectivity index (χ0n) is 22.4. The third kappa shape index (κ3) is 13.0. The zero-order valence-corrected chi connectivity index (χ0v) is 22.4. The Balaban J connectivity index is 1.97. The van der Waals surface area contributed by atoms with Crippen LogP contribution in [0.1, 0.15) is 36.8 Å². The van der Waals surface area contributed by atoms with Crippen LogP contribution < -0.4 is 10.6 Å². The molecule has 2 aromatic rings. The monoisotopic (exact) mass is 536 g/mol. The van der Waals surface area contributed by atoms with E-state index in [0.29, 0.717) is 19.4 Å². The van der Waals surface area contributed by atoms with Crippen molar-refractivity contribution < 1.29 is 29.0 Å². The van der Waals surface area contributed by atoms with Gasteiger partial charge in [0.1, 0.15) is 6.61 Å². The molecule has 2 amide bonds. The molecule has 0 saturated carbocycles. The molecule has 0 spiro atoms. The van der Waals surface area contributed by atoms with E-state index in [9.17, 15) is 19.5 Å². The second-order valence-corrected chi connectivity index (χ2v) is 9.28. The van der Waals surface area contributed by atoms with Gasteiger partial charge in [-0.25, -0.2) is 0 Å². The van der Waals surface area contributed by atoms with E-state index in [1.54, 1.807) is 12.2 Å². The van der Waals surface area contributed by atoms with Gasteiger partial charge in [-0.2, -0.15) is 0 Å². The summed E-state index contributed by atoms with van der Waals surface area (Å²) in [6.45, 7) is 7.48. The number of amides is 2. The lowest BCUT2D eigenvalue weighted by atomic mass is 9.98. The first-order valence-corrected chi connectivity index (χ1v) is 13.2. The average molecular weight is 537 g/mol. The van der Waals surface area contributed by atoms with E-state index < -0.39 is 24.0 Å². The highest BCUT2D eigenvalue weighted by Gasteiger charge is 2.25. The van der Waals surface area contributed by atoms with Crippen LogP contribution in [-0.2, 0) is 36.9 Å². The van der Waals surface area contributed by atoms with Gasteiger partial charge in [0.05, 0.1) is 37.8 Å². The van der Waals surface area contributed by atoms with Crippen LogP contribution in [0, 0.1) is 5.92 Å². The molecular weight excluding hydrogens is 496 g/mol. The van der Waals surface area contributed by atoms with E-state index >= 15 is 0 Å². The van der Waals surface area contributed by atoms with Crippen LogP contribution in [0.15, 0.2) is 86.0 Å². The molecule has 0 radical (unpaired) electrons. The summed E-state index contributed by atoms with van der Waals surface area (Å²) in [4.78, 5) is 38.0. The van der Waals surface area contributed by atoms with Crippen molar-refractivity contribution >= 4 is 17.8 Å². The van der Waals surface area contributed by atoms with Gasteiger partial charge < -0.3 is 25.2 Å². The lowest BCUT2D eigenvalue weighted by Crippen LogP contribution is -2.46. The molecule has 210 valence electrons. The molecule has 8 nitrogen and oxygen atoms in total. The molecule has 2 rings (SSSR count). The maximum Gasteiger partial charge on any atom is 0.306 e. The number of ether oxygens (including phenoxy) is 2. The second kappa shape index (κ2) is 18.5. The normalized spacial score (nSPS) is 12.9. The van der Waals surface area contributed by atoms with Crippen molar-refractivity contribution in [2.45, 2.75) is 50.8 Å². The van der Waals surface area contributed by atoms with Crippen LogP contribution in [0.4, 0.5) is 0 Å². The lowest BCUT2D eigenvalue weighted by Gasteiger charge is -2.23. The number of hydrogen-bond acceptors (Lipinski definition) is 6. The number of carbonyl (C=O) groups excluding carboxylic acids is 3. The summed E-state index contributed by atoms with van der Waals surface area (Å²) in [6, 6.07) is 18.1. The van der Waals surface area contributed by atoms with Crippen LogP contribution >= 0.6 is 0 Å². The van der Waals surface area contributed by atoms with Crippen molar-refractivity contribution in [1.82, 2.24) is 10.6 Å². The summed E-state index contributed by atoms with van der Waals surface area (Å²) >= 11 is 0. The predicted octanol–water partition coefficient (Wildman–Crippen LogP) is 3.50. The number of benzene rings is 2. The summed E-state index contributed by atoms with van der Waals surface area (Å²) in [5.74, 6) is -1.80. The quantitative estimate of drug-likeness (QED) is 0.187. The molecule has 2 aromatic carbocycles. The van der Waals surface area contributed by atoms with Gasteiger partial charge in [0.2, 0.25) is 11.8 Å². The standard InChI is InChI=1S/C31H40N2O6/c1-3-5-17-30(36)39-23-28(22-38-21-25-15-10-7-11-16-25)33-31(37)26(12-4-2)19-29(35)32-27(20-34)18-24-13-8-6-9-14-24/h3-4,6-11,13-16,26-28,34H,1-2,5,12,17-23H2,(H,32,35)(H,33,37). The number of carbonyl (C=O) groups is 3. The Kier molecular flexibility index (Phi) is 14.9. The van der Waals surface area contributed by atoms with E-state index in [4.69, 9.17) is 9.47 Å². The molecule has 0 saturated heterocycles. The molecule has 39 heavy (non-hydrogen) atoms. The van der Waals surface area contributed by atoms with Crippen molar-refractivity contribution in [3.8, 4) is 0 Å². The summed E-state index contributed by atoms with van der Waals surface area (Å²) in [5.41, 5.74) is 1.96. The first-order chi connectivity index (χ1) is 18.9. The van der Waals surface area contributed by atoms with Gasteiger partial charge in [0, 0.05) is 12.8 Å². The zero-order chi connectivity index (χ0) is 28.3. The van der Waals surface area contributed by atoms with Gasteiger partial charge in [0.15, 0.2) is 0 Å². The topological polar surface area (TPSA) is 114 Å². The summed E-state index contributed by atoms with van der Waals surface area (Å²) in [5, 5.41) is 15.4. The molecule has 0 bridgehead atoms. The SMILES string of the molecule is C=CCCC(=O)OCC(COCc1ccccc1)NC(=O)C(CC=C)CC(=O)NC(CO)Cc1ccccc1. The summed E-state index contributed by atoms with van der Waals surface area (Å²) < 4.78 is 11.1. The first kappa shape index (κ1) is 31.5. The van der Waals surface area contributed by atoms with Crippen LogP contribution in [0.25, 0.3) is 0 Å². The van der Waals surface area contributed by atoms with Crippen LogP contribution in [-0.4, -0.2) is 54.8 Å². The molecule has 3 atom stereocenters. The van der Waals surface area contributed by atoms with Gasteiger partial charge in [-0.1, -0.05) is 72.8 Å². The summed E-state index contributed by atoms with van der Waals surface area (Å²) in [7, 11) is 0. The lowest BCUT2D eigenvalue weighted by molar-refractivity contribution is -0.145. The largest absolute Gasteiger partial charge is 0.463 e. The molecule has 0 aliphatic rings. The number of hydrogen-bond donors (Lipinski definition) is 3. The van der Waals surface area contributed by atoms with Gasteiger partial charge in [0.25, 0.3) is 0 Å². The highest BCUT2D eigenvalue weighted by Crippen LogP contribution is 2.12. The fourth-order valence-corrected chi connectivity index (χ4v) is 3.88. The average Bonchev–Trinajstić information content (AvgIpc) is 2.95. The highest BCUT2D eigenvalue weighted by atomic mass is 16.5. The minimum Gasteiger partial charge on any atom is -0.463 e. The third-order valence-corrected chi connectivity index (χ3v) is 5.94. The molecule has 0 aliphatic heterocycles. The first-order valence-electron chi connectivity index (χ1n) is 13.2. The van der Waals surface area contributed by atoms with Crippen molar-refractivity contribution in [2.75, 3.05) is 19.8 Å². The van der Waals surface area contributed by atoms with Gasteiger partial charge in [-0.05, 0) is 30.4 Å². The van der Waals surface area contributed by atoms with Crippen molar-refractivity contribution in [2.24, 2.45) is 5.92 Å². The number of aliphatic hydroxyl groups excluding tert-OH is 1. The molecule has 0 fully saturated rings. The predicted molar refractivity (Wildman–Crippen MR) is 151 cm³/mol. The van der Waals surface area contributed by atoms with Crippen molar-refractivity contribution in [1.29, 1.82) is 0 Å². The Labute approximate surface area is 231 Å². The fourth-order valence-electron chi connectivity index (χ4n) is 3.88. The van der Waals surface area contributed by atoms with Crippen LogP contribution in [0.3, 0.4) is 0 Å². The highest BCUT2D eigenvalue weighted by molar-refractivity contribution is 5.86. The maximum atomic E-state index is 13.2. The number of rotatable bonds is 19. The maximum absolute atomic E-state index is 13.2. The van der Waals surface area contributed by atoms with E-state index in [-0.39, 0.29) is 50.9 Å². The molecule has 0 heterocycles. The van der Waals surface area contributed by atoms with E-state index in [0.717, 1.165) is 11.1 Å². The summed E-state index contributed by atoms with van der Waals surface area (Å²) in [6.07, 6.45) is 4.58. The minimum absolute atomic E-state index is 0.0623. The van der Waals surface area contributed by atoms with Crippen molar-refractivity contribution in [3.63, 3.8) is 0 Å². The third-order valence-electron chi connectivity index (χ3n) is 5.94. The minimum atomic E-state index is -0.688. The second-order valence-electron chi connectivity index (χ2n) is 9.28. The Morgan fingerprint density at radius 3 is 2.15 bits per heavy atom. The fraction of sp³-hybridized carbons (Fsp3) is 0.387. The number of aliphatic hydroxyl groups is 1. The molecule has 0 aliphatic carbocycles. The Hall–Kier alpha value is -3.75. The molecule has 8 heteroatoms. The molecule has 3 unspecified atom stereocenters. The van der Waals surface area contributed by atoms with Crippen LogP contribution in [0.5, 0.6) is 0 Å². The van der Waals surface area contributed by atoms with E-state index in [2.05, 4.69) is 23.8 Å². The smallest absolute Gasteiger partial charge is 0.306 e. The molecule has 0 aromatic heterocycles. The Bertz CT molecular complexity index is 1030. The Morgan fingerprint density at radius 1 is 0.872 bits per heavy atom. The van der Waals surface area contributed by atoms with Crippen LogP contribution in [0.2, 0.25) is 0 Å². The Morgan fingerprint density at radius 2 is 1.54 bits per heavy atom. The van der Waals surface area contributed by atoms with Gasteiger partial charge in [-0.3, -0.25) is 14.4 Å². The number of nitrogens with one attached hydrogen (secondary N) is 2. The van der Waals surface area contributed by atoms with Crippen molar-refractivity contribution in [3.05, 3.63) is 97.1 Å². The van der Waals surface area contributed by atoms with E-state index in [1.807, 2.05) is 60.7 Å². The van der Waals surface area contributed by atoms with E-state index in [1.165, 1.54) is 0 Å². The molecular formula is C31H40N2O6. The van der Waals surface area contributed by atoms with Gasteiger partial charge >= 0.3 is 5.97 Å².